The largest absolute Gasteiger partial charge is 0.497 e. The van der Waals surface area contributed by atoms with E-state index in [-0.39, 0.29) is 11.8 Å². The van der Waals surface area contributed by atoms with Crippen molar-refractivity contribution in [2.24, 2.45) is 0 Å². The number of nitrogens with zero attached hydrogens (tertiary/aromatic N) is 4. The third-order valence-electron chi connectivity index (χ3n) is 4.41. The molecule has 0 bridgehead atoms. The van der Waals surface area contributed by atoms with Crippen LogP contribution >= 0.6 is 0 Å². The normalized spacial score (nSPS) is 14.7. The van der Waals surface area contributed by atoms with E-state index in [9.17, 15) is 9.59 Å². The minimum absolute atomic E-state index is 0.0621. The number of carbonyl (C=O) groups excluding carboxylic acids is 2. The number of amides is 2. The van der Waals surface area contributed by atoms with Crippen LogP contribution in [0.1, 0.15) is 22.5 Å². The van der Waals surface area contributed by atoms with E-state index in [4.69, 9.17) is 4.74 Å². The fourth-order valence-corrected chi connectivity index (χ4v) is 3.01. The fraction of sp³-hybridized carbons (Fsp3) is 0.368. The zero-order valence-corrected chi connectivity index (χ0v) is 14.8. The van der Waals surface area contributed by atoms with Crippen LogP contribution in [0.5, 0.6) is 5.75 Å². The summed E-state index contributed by atoms with van der Waals surface area (Å²) in [5, 5.41) is 0. The van der Waals surface area contributed by atoms with Crippen LogP contribution in [0, 0.1) is 0 Å². The standard InChI is InChI=1S/C19H22N4O3/c1-26-16-5-2-4-15(12-16)13-18(24)22-8-3-9-23(11-10-22)19(25)17-14-20-6-7-21-17/h2,4-7,12,14H,3,8-11,13H2,1H3. The number of carbonyl (C=O) groups is 2. The van der Waals surface area contributed by atoms with Crippen molar-refractivity contribution < 1.29 is 14.3 Å². The molecule has 0 unspecified atom stereocenters. The van der Waals surface area contributed by atoms with Crippen LogP contribution in [0.4, 0.5) is 0 Å². The number of benzene rings is 1. The molecular weight excluding hydrogens is 332 g/mol. The Bertz CT molecular complexity index is 766. The second-order valence-electron chi connectivity index (χ2n) is 6.15. The van der Waals surface area contributed by atoms with Crippen LogP contribution < -0.4 is 4.74 Å². The van der Waals surface area contributed by atoms with Gasteiger partial charge in [0, 0.05) is 38.6 Å². The predicted molar refractivity (Wildman–Crippen MR) is 95.8 cm³/mol. The summed E-state index contributed by atoms with van der Waals surface area (Å²) in [4.78, 5) is 36.7. The quantitative estimate of drug-likeness (QED) is 0.830. The molecule has 2 amide bonds. The van der Waals surface area contributed by atoms with E-state index >= 15 is 0 Å². The third kappa shape index (κ3) is 4.36. The molecule has 0 N–H and O–H groups in total. The molecule has 1 saturated heterocycles. The predicted octanol–water partition coefficient (Wildman–Crippen LogP) is 1.40. The van der Waals surface area contributed by atoms with Gasteiger partial charge in [-0.25, -0.2) is 4.98 Å². The lowest BCUT2D eigenvalue weighted by molar-refractivity contribution is -0.130. The van der Waals surface area contributed by atoms with Crippen molar-refractivity contribution in [2.75, 3.05) is 33.3 Å². The Hall–Kier alpha value is -2.96. The molecule has 0 spiro atoms. The van der Waals surface area contributed by atoms with Gasteiger partial charge in [0.05, 0.1) is 19.7 Å². The highest BCUT2D eigenvalue weighted by Crippen LogP contribution is 2.15. The van der Waals surface area contributed by atoms with Gasteiger partial charge in [-0.05, 0) is 24.1 Å². The molecule has 1 aliphatic rings. The average molecular weight is 354 g/mol. The summed E-state index contributed by atoms with van der Waals surface area (Å²) in [6, 6.07) is 7.53. The molecule has 7 heteroatoms. The van der Waals surface area contributed by atoms with Gasteiger partial charge in [-0.2, -0.15) is 0 Å². The van der Waals surface area contributed by atoms with Crippen molar-refractivity contribution in [3.63, 3.8) is 0 Å². The lowest BCUT2D eigenvalue weighted by Crippen LogP contribution is -2.38. The molecule has 0 saturated carbocycles. The zero-order chi connectivity index (χ0) is 18.4. The first-order chi connectivity index (χ1) is 12.7. The van der Waals surface area contributed by atoms with Crippen LogP contribution in [0.25, 0.3) is 0 Å². The molecule has 7 nitrogen and oxygen atoms in total. The van der Waals surface area contributed by atoms with E-state index in [1.807, 2.05) is 29.2 Å². The van der Waals surface area contributed by atoms with Crippen LogP contribution in [-0.2, 0) is 11.2 Å². The Morgan fingerprint density at radius 1 is 1.12 bits per heavy atom. The van der Waals surface area contributed by atoms with Crippen LogP contribution in [0.15, 0.2) is 42.9 Å². The van der Waals surface area contributed by atoms with Crippen molar-refractivity contribution in [1.29, 1.82) is 0 Å². The van der Waals surface area contributed by atoms with E-state index in [1.54, 1.807) is 12.0 Å². The van der Waals surface area contributed by atoms with Gasteiger partial charge in [-0.3, -0.25) is 14.6 Å². The molecular formula is C19H22N4O3. The van der Waals surface area contributed by atoms with Gasteiger partial charge < -0.3 is 14.5 Å². The number of aromatic nitrogens is 2. The first-order valence-electron chi connectivity index (χ1n) is 8.63. The maximum Gasteiger partial charge on any atom is 0.274 e. The Labute approximate surface area is 152 Å². The molecule has 1 fully saturated rings. The highest BCUT2D eigenvalue weighted by molar-refractivity contribution is 5.92. The van der Waals surface area contributed by atoms with Gasteiger partial charge in [0.2, 0.25) is 5.91 Å². The summed E-state index contributed by atoms with van der Waals surface area (Å²) in [5.74, 6) is 0.666. The third-order valence-corrected chi connectivity index (χ3v) is 4.41. The van der Waals surface area contributed by atoms with Crippen molar-refractivity contribution in [3.05, 3.63) is 54.1 Å². The molecule has 1 aliphatic heterocycles. The highest BCUT2D eigenvalue weighted by Gasteiger charge is 2.23. The lowest BCUT2D eigenvalue weighted by Gasteiger charge is -2.22. The van der Waals surface area contributed by atoms with Gasteiger partial charge in [0.15, 0.2) is 0 Å². The van der Waals surface area contributed by atoms with Crippen molar-refractivity contribution in [1.82, 2.24) is 19.8 Å². The average Bonchev–Trinajstić information content (AvgIpc) is 2.94. The van der Waals surface area contributed by atoms with Crippen LogP contribution in [-0.4, -0.2) is 64.9 Å². The molecule has 2 aromatic rings. The molecule has 3 rings (SSSR count). The van der Waals surface area contributed by atoms with E-state index in [0.29, 0.717) is 38.3 Å². The summed E-state index contributed by atoms with van der Waals surface area (Å²) in [6.45, 7) is 2.28. The molecule has 1 aromatic heterocycles. The molecule has 0 atom stereocenters. The van der Waals surface area contributed by atoms with Gasteiger partial charge >= 0.3 is 0 Å². The minimum atomic E-state index is -0.139. The van der Waals surface area contributed by atoms with Gasteiger partial charge in [-0.1, -0.05) is 12.1 Å². The SMILES string of the molecule is COc1cccc(CC(=O)N2CCCN(C(=O)c3cnccn3)CC2)c1. The molecule has 0 radical (unpaired) electrons. The van der Waals surface area contributed by atoms with Crippen molar-refractivity contribution >= 4 is 11.8 Å². The molecule has 136 valence electrons. The Morgan fingerprint density at radius 3 is 2.69 bits per heavy atom. The van der Waals surface area contributed by atoms with Gasteiger partial charge in [-0.15, -0.1) is 0 Å². The monoisotopic (exact) mass is 354 g/mol. The summed E-state index contributed by atoms with van der Waals surface area (Å²) >= 11 is 0. The molecule has 26 heavy (non-hydrogen) atoms. The second-order valence-corrected chi connectivity index (χ2v) is 6.15. The van der Waals surface area contributed by atoms with Crippen LogP contribution in [0.3, 0.4) is 0 Å². The first kappa shape index (κ1) is 17.8. The Balaban J connectivity index is 1.59. The van der Waals surface area contributed by atoms with Gasteiger partial charge in [0.1, 0.15) is 11.4 Å². The van der Waals surface area contributed by atoms with Gasteiger partial charge in [0.25, 0.3) is 5.91 Å². The smallest absolute Gasteiger partial charge is 0.274 e. The minimum Gasteiger partial charge on any atom is -0.497 e. The maximum absolute atomic E-state index is 12.6. The van der Waals surface area contributed by atoms with Crippen molar-refractivity contribution in [2.45, 2.75) is 12.8 Å². The van der Waals surface area contributed by atoms with E-state index in [2.05, 4.69) is 9.97 Å². The summed E-state index contributed by atoms with van der Waals surface area (Å²) in [5.41, 5.74) is 1.26. The zero-order valence-electron chi connectivity index (χ0n) is 14.8. The Kier molecular flexibility index (Phi) is 5.78. The second kappa shape index (κ2) is 8.42. The van der Waals surface area contributed by atoms with Crippen molar-refractivity contribution in [3.8, 4) is 5.75 Å². The molecule has 0 aliphatic carbocycles. The van der Waals surface area contributed by atoms with E-state index in [1.165, 1.54) is 18.6 Å². The lowest BCUT2D eigenvalue weighted by atomic mass is 10.1. The fourth-order valence-electron chi connectivity index (χ4n) is 3.01. The van der Waals surface area contributed by atoms with Crippen LogP contribution in [0.2, 0.25) is 0 Å². The number of rotatable bonds is 4. The molecule has 1 aromatic carbocycles. The summed E-state index contributed by atoms with van der Waals surface area (Å²) < 4.78 is 5.20. The summed E-state index contributed by atoms with van der Waals surface area (Å²) in [7, 11) is 1.61. The topological polar surface area (TPSA) is 75.6 Å². The number of hydrogen-bond acceptors (Lipinski definition) is 5. The van der Waals surface area contributed by atoms with E-state index < -0.39 is 0 Å². The molecule has 2 heterocycles. The number of hydrogen-bond donors (Lipinski definition) is 0. The number of ether oxygens (including phenoxy) is 1. The highest BCUT2D eigenvalue weighted by atomic mass is 16.5. The maximum atomic E-state index is 12.6. The Morgan fingerprint density at radius 2 is 1.92 bits per heavy atom. The summed E-state index contributed by atoms with van der Waals surface area (Å²) in [6.07, 6.45) is 5.59. The first-order valence-corrected chi connectivity index (χ1v) is 8.63. The number of methoxy groups -OCH3 is 1. The van der Waals surface area contributed by atoms with E-state index in [0.717, 1.165) is 17.7 Å².